The molecule has 1 nitrogen and oxygen atoms in total. The molecule has 0 N–H and O–H groups in total. The maximum Gasteiger partial charge on any atom is 0.0564 e. The summed E-state index contributed by atoms with van der Waals surface area (Å²) < 4.78 is 12.5. The fourth-order valence-electron chi connectivity index (χ4n) is 1.86. The lowest BCUT2D eigenvalue weighted by Crippen LogP contribution is -2.22. The van der Waals surface area contributed by atoms with Crippen LogP contribution in [0, 0.1) is 5.41 Å². The first kappa shape index (κ1) is 14.2. The topological polar surface area (TPSA) is 17.1 Å². The molecule has 0 aliphatic heterocycles. The van der Waals surface area contributed by atoms with Gasteiger partial charge >= 0.3 is 0 Å². The van der Waals surface area contributed by atoms with Gasteiger partial charge in [-0.3, -0.25) is 4.21 Å². The van der Waals surface area contributed by atoms with Gasteiger partial charge in [0.2, 0.25) is 0 Å². The zero-order valence-electron chi connectivity index (χ0n) is 11.0. The fourth-order valence-corrected chi connectivity index (χ4v) is 3.63. The van der Waals surface area contributed by atoms with Crippen molar-refractivity contribution >= 4 is 10.8 Å². The maximum absolute atomic E-state index is 12.5. The summed E-state index contributed by atoms with van der Waals surface area (Å²) in [6, 6.07) is 9.71. The highest BCUT2D eigenvalue weighted by atomic mass is 32.2. The van der Waals surface area contributed by atoms with Crippen molar-refractivity contribution in [2.75, 3.05) is 0 Å². The molecule has 0 bridgehead atoms. The van der Waals surface area contributed by atoms with Crippen molar-refractivity contribution < 1.29 is 4.21 Å². The van der Waals surface area contributed by atoms with E-state index in [0.717, 1.165) is 17.7 Å². The van der Waals surface area contributed by atoms with Gasteiger partial charge in [0.05, 0.1) is 10.8 Å². The van der Waals surface area contributed by atoms with E-state index in [-0.39, 0.29) is 10.7 Å². The molecule has 17 heavy (non-hydrogen) atoms. The van der Waals surface area contributed by atoms with Crippen LogP contribution in [0.3, 0.4) is 0 Å². The molecular weight excluding hydrogens is 228 g/mol. The van der Waals surface area contributed by atoms with Crippen LogP contribution in [-0.2, 0) is 10.8 Å². The number of hydrogen-bond acceptors (Lipinski definition) is 1. The van der Waals surface area contributed by atoms with Crippen LogP contribution in [0.1, 0.15) is 33.6 Å². The summed E-state index contributed by atoms with van der Waals surface area (Å²) in [5, 5.41) is 0.162. The molecule has 0 saturated carbocycles. The number of hydrogen-bond donors (Lipinski definition) is 0. The molecule has 94 valence electrons. The van der Waals surface area contributed by atoms with E-state index in [0.29, 0.717) is 0 Å². The SMILES string of the molecule is C=CC[C@@H](CC(C)(C)C)S(=O)c1ccccc1. The molecule has 2 heteroatoms. The molecule has 0 aliphatic rings. The smallest absolute Gasteiger partial charge is 0.0564 e. The van der Waals surface area contributed by atoms with Crippen molar-refractivity contribution in [1.82, 2.24) is 0 Å². The van der Waals surface area contributed by atoms with Gasteiger partial charge in [-0.15, -0.1) is 6.58 Å². The van der Waals surface area contributed by atoms with Gasteiger partial charge in [0.15, 0.2) is 0 Å². The summed E-state index contributed by atoms with van der Waals surface area (Å²) in [7, 11) is -0.939. The molecule has 1 aromatic carbocycles. The number of allylic oxidation sites excluding steroid dienone is 1. The summed E-state index contributed by atoms with van der Waals surface area (Å²) in [6.45, 7) is 10.3. The van der Waals surface area contributed by atoms with Crippen molar-refractivity contribution in [2.45, 2.75) is 43.8 Å². The Hall–Kier alpha value is -0.890. The van der Waals surface area contributed by atoms with Crippen LogP contribution in [0.15, 0.2) is 47.9 Å². The monoisotopic (exact) mass is 250 g/mol. The van der Waals surface area contributed by atoms with E-state index in [1.54, 1.807) is 0 Å². The van der Waals surface area contributed by atoms with E-state index < -0.39 is 10.8 Å². The average molecular weight is 250 g/mol. The van der Waals surface area contributed by atoms with Gasteiger partial charge < -0.3 is 0 Å². The van der Waals surface area contributed by atoms with Crippen LogP contribution in [0.25, 0.3) is 0 Å². The summed E-state index contributed by atoms with van der Waals surface area (Å²) in [5.41, 5.74) is 0.193. The largest absolute Gasteiger partial charge is 0.254 e. The minimum atomic E-state index is -0.939. The van der Waals surface area contributed by atoms with Crippen LogP contribution < -0.4 is 0 Å². The Bertz CT molecular complexity index is 376. The Labute approximate surface area is 107 Å². The van der Waals surface area contributed by atoms with Gasteiger partial charge in [0.25, 0.3) is 0 Å². The van der Waals surface area contributed by atoms with Gasteiger partial charge in [-0.2, -0.15) is 0 Å². The van der Waals surface area contributed by atoms with E-state index >= 15 is 0 Å². The highest BCUT2D eigenvalue weighted by Gasteiger charge is 2.23. The van der Waals surface area contributed by atoms with Crippen molar-refractivity contribution in [3.63, 3.8) is 0 Å². The quantitative estimate of drug-likeness (QED) is 0.717. The highest BCUT2D eigenvalue weighted by Crippen LogP contribution is 2.27. The van der Waals surface area contributed by atoms with E-state index in [9.17, 15) is 4.21 Å². The normalized spacial score (nSPS) is 15.2. The van der Waals surface area contributed by atoms with Gasteiger partial charge in [0.1, 0.15) is 0 Å². The molecule has 0 aliphatic carbocycles. The van der Waals surface area contributed by atoms with E-state index in [2.05, 4.69) is 27.4 Å². The molecule has 0 heterocycles. The molecule has 0 amide bonds. The van der Waals surface area contributed by atoms with Crippen molar-refractivity contribution in [3.8, 4) is 0 Å². The maximum atomic E-state index is 12.5. The van der Waals surface area contributed by atoms with Crippen LogP contribution in [0.5, 0.6) is 0 Å². The first-order chi connectivity index (χ1) is 7.94. The molecule has 1 aromatic rings. The zero-order valence-corrected chi connectivity index (χ0v) is 11.8. The molecule has 1 rings (SSSR count). The Kier molecular flexibility index (Phi) is 5.13. The molecule has 0 spiro atoms. The van der Waals surface area contributed by atoms with Crippen LogP contribution in [-0.4, -0.2) is 9.46 Å². The third-order valence-electron chi connectivity index (χ3n) is 2.55. The third kappa shape index (κ3) is 4.86. The minimum absolute atomic E-state index is 0.162. The molecule has 1 unspecified atom stereocenters. The summed E-state index contributed by atoms with van der Waals surface area (Å²) in [6.07, 6.45) is 3.62. The summed E-state index contributed by atoms with van der Waals surface area (Å²) in [4.78, 5) is 0.920. The highest BCUT2D eigenvalue weighted by molar-refractivity contribution is 7.85. The van der Waals surface area contributed by atoms with Crippen molar-refractivity contribution in [1.29, 1.82) is 0 Å². The number of benzene rings is 1. The lowest BCUT2D eigenvalue weighted by molar-refractivity contribution is 0.369. The fraction of sp³-hybridized carbons (Fsp3) is 0.467. The first-order valence-electron chi connectivity index (χ1n) is 6.00. The Morgan fingerprint density at radius 2 is 1.88 bits per heavy atom. The van der Waals surface area contributed by atoms with Crippen LogP contribution in [0.4, 0.5) is 0 Å². The second-order valence-electron chi connectivity index (χ2n) is 5.52. The molecule has 0 saturated heterocycles. The minimum Gasteiger partial charge on any atom is -0.254 e. The van der Waals surface area contributed by atoms with Gasteiger partial charge in [0, 0.05) is 10.1 Å². The second kappa shape index (κ2) is 6.15. The van der Waals surface area contributed by atoms with E-state index in [1.807, 2.05) is 36.4 Å². The molecule has 0 radical (unpaired) electrons. The summed E-state index contributed by atoms with van der Waals surface area (Å²) in [5.74, 6) is 0. The molecular formula is C15H22OS. The van der Waals surface area contributed by atoms with Crippen LogP contribution >= 0.6 is 0 Å². The van der Waals surface area contributed by atoms with Crippen molar-refractivity contribution in [3.05, 3.63) is 43.0 Å². The van der Waals surface area contributed by atoms with E-state index in [1.165, 1.54) is 0 Å². The zero-order chi connectivity index (χ0) is 12.9. The van der Waals surface area contributed by atoms with Crippen LogP contribution in [0.2, 0.25) is 0 Å². The van der Waals surface area contributed by atoms with Crippen molar-refractivity contribution in [2.24, 2.45) is 5.41 Å². The third-order valence-corrected chi connectivity index (χ3v) is 4.25. The molecule has 2 atom stereocenters. The predicted molar refractivity (Wildman–Crippen MR) is 75.5 cm³/mol. The van der Waals surface area contributed by atoms with E-state index in [4.69, 9.17) is 0 Å². The Balaban J connectivity index is 2.84. The Morgan fingerprint density at radius 1 is 1.29 bits per heavy atom. The van der Waals surface area contributed by atoms with Gasteiger partial charge in [-0.25, -0.2) is 0 Å². The predicted octanol–water partition coefficient (Wildman–Crippen LogP) is 4.18. The molecule has 0 aromatic heterocycles. The lowest BCUT2D eigenvalue weighted by atomic mass is 9.89. The van der Waals surface area contributed by atoms with Gasteiger partial charge in [-0.1, -0.05) is 45.0 Å². The number of rotatable bonds is 5. The van der Waals surface area contributed by atoms with Gasteiger partial charge in [-0.05, 0) is 30.4 Å². The second-order valence-corrected chi connectivity index (χ2v) is 7.25. The molecule has 0 fully saturated rings. The first-order valence-corrected chi connectivity index (χ1v) is 7.22. The Morgan fingerprint density at radius 3 is 2.35 bits per heavy atom. The standard InChI is InChI=1S/C15H22OS/c1-5-9-14(12-15(2,3)4)17(16)13-10-7-6-8-11-13/h5-8,10-11,14H,1,9,12H2,2-4H3/t14-,17?/m0/s1. The average Bonchev–Trinajstić information content (AvgIpc) is 2.27. The lowest BCUT2D eigenvalue weighted by Gasteiger charge is -2.24. The summed E-state index contributed by atoms with van der Waals surface area (Å²) >= 11 is 0.